The van der Waals surface area contributed by atoms with Crippen LogP contribution in [0.4, 0.5) is 5.69 Å². The summed E-state index contributed by atoms with van der Waals surface area (Å²) in [6.45, 7) is 0. The minimum absolute atomic E-state index is 0.237. The summed E-state index contributed by atoms with van der Waals surface area (Å²) in [4.78, 5) is 22.4. The minimum atomic E-state index is -1.28. The largest absolute Gasteiger partial charge is 0.319 e. The van der Waals surface area contributed by atoms with Crippen LogP contribution in [-0.2, 0) is 20.4 Å². The van der Waals surface area contributed by atoms with Gasteiger partial charge in [0.2, 0.25) is 5.78 Å². The van der Waals surface area contributed by atoms with Gasteiger partial charge in [-0.1, -0.05) is 18.2 Å². The molecule has 0 aliphatic carbocycles. The van der Waals surface area contributed by atoms with Crippen molar-refractivity contribution in [1.82, 2.24) is 0 Å². The molecular weight excluding hydrogens is 214 g/mol. The lowest BCUT2D eigenvalue weighted by molar-refractivity contribution is -0.133. The van der Waals surface area contributed by atoms with Crippen LogP contribution < -0.4 is 5.32 Å². The van der Waals surface area contributed by atoms with Crippen molar-refractivity contribution in [2.24, 2.45) is 0 Å². The number of amides is 1. The summed E-state index contributed by atoms with van der Waals surface area (Å²) in [5.74, 6) is -1.63. The van der Waals surface area contributed by atoms with E-state index in [-0.39, 0.29) is 5.75 Å². The van der Waals surface area contributed by atoms with Crippen molar-refractivity contribution < 1.29 is 13.8 Å². The van der Waals surface area contributed by atoms with E-state index in [1.54, 1.807) is 30.3 Å². The average Bonchev–Trinajstić information content (AvgIpc) is 2.18. The number of hydrogen-bond donors (Lipinski definition) is 1. The van der Waals surface area contributed by atoms with Crippen molar-refractivity contribution in [1.29, 1.82) is 0 Å². The molecule has 0 radical (unpaired) electrons. The van der Waals surface area contributed by atoms with Crippen molar-refractivity contribution in [3.8, 4) is 0 Å². The molecule has 5 heteroatoms. The molecule has 0 bridgehead atoms. The molecule has 1 amide bonds. The number of benzene rings is 1. The predicted octanol–water partition coefficient (Wildman–Crippen LogP) is 0.573. The highest BCUT2D eigenvalue weighted by Gasteiger charge is 2.14. The van der Waals surface area contributed by atoms with E-state index in [1.807, 2.05) is 0 Å². The molecule has 80 valence electrons. The maximum absolute atomic E-state index is 11.3. The van der Waals surface area contributed by atoms with E-state index in [0.717, 1.165) is 0 Å². The maximum atomic E-state index is 11.3. The molecule has 0 spiro atoms. The Bertz CT molecular complexity index is 389. The van der Waals surface area contributed by atoms with Gasteiger partial charge in [0, 0.05) is 22.7 Å². The smallest absolute Gasteiger partial charge is 0.292 e. The Morgan fingerprint density at radius 1 is 1.27 bits per heavy atom. The molecule has 0 aromatic heterocycles. The Balaban J connectivity index is 2.56. The standard InChI is InChI=1S/C10H11NO3S/c1-15(14)7-9(12)10(13)11-8-5-3-2-4-6-8/h2-6H,7H2,1H3,(H,11,13). The van der Waals surface area contributed by atoms with E-state index >= 15 is 0 Å². The highest BCUT2D eigenvalue weighted by molar-refractivity contribution is 7.85. The van der Waals surface area contributed by atoms with Crippen molar-refractivity contribution >= 4 is 28.2 Å². The molecule has 0 heterocycles. The molecule has 0 saturated heterocycles. The molecule has 4 nitrogen and oxygen atoms in total. The van der Waals surface area contributed by atoms with Crippen LogP contribution in [0.15, 0.2) is 30.3 Å². The molecular formula is C10H11NO3S. The van der Waals surface area contributed by atoms with Gasteiger partial charge in [-0.2, -0.15) is 0 Å². The van der Waals surface area contributed by atoms with Crippen molar-refractivity contribution in [2.45, 2.75) is 0 Å². The van der Waals surface area contributed by atoms with Gasteiger partial charge in [0.25, 0.3) is 5.91 Å². The predicted molar refractivity (Wildman–Crippen MR) is 59.0 cm³/mol. The van der Waals surface area contributed by atoms with E-state index < -0.39 is 22.5 Å². The molecule has 15 heavy (non-hydrogen) atoms. The Hall–Kier alpha value is -1.49. The zero-order chi connectivity index (χ0) is 11.3. The maximum Gasteiger partial charge on any atom is 0.292 e. The molecule has 1 aromatic rings. The first-order valence-corrected chi connectivity index (χ1v) is 6.01. The summed E-state index contributed by atoms with van der Waals surface area (Å²) in [7, 11) is -1.28. The number of rotatable bonds is 4. The van der Waals surface area contributed by atoms with Gasteiger partial charge in [0.15, 0.2) is 0 Å². The average molecular weight is 225 g/mol. The van der Waals surface area contributed by atoms with Gasteiger partial charge in [-0.05, 0) is 12.1 Å². The molecule has 1 unspecified atom stereocenters. The second kappa shape index (κ2) is 5.41. The number of carbonyl (C=O) groups excluding carboxylic acids is 2. The van der Waals surface area contributed by atoms with Crippen molar-refractivity contribution in [3.05, 3.63) is 30.3 Å². The Kier molecular flexibility index (Phi) is 4.17. The third-order valence-corrected chi connectivity index (χ3v) is 2.29. The second-order valence-electron chi connectivity index (χ2n) is 2.96. The van der Waals surface area contributed by atoms with Crippen LogP contribution in [0.3, 0.4) is 0 Å². The Morgan fingerprint density at radius 2 is 1.87 bits per heavy atom. The first kappa shape index (κ1) is 11.6. The zero-order valence-electron chi connectivity index (χ0n) is 8.23. The van der Waals surface area contributed by atoms with Gasteiger partial charge in [-0.25, -0.2) is 0 Å². The second-order valence-corrected chi connectivity index (χ2v) is 4.40. The van der Waals surface area contributed by atoms with Crippen LogP contribution in [0.25, 0.3) is 0 Å². The first-order valence-electron chi connectivity index (χ1n) is 4.29. The topological polar surface area (TPSA) is 63.2 Å². The molecule has 0 aliphatic rings. The lowest BCUT2D eigenvalue weighted by atomic mass is 10.3. The molecule has 0 saturated carbocycles. The number of carbonyl (C=O) groups is 2. The summed E-state index contributed by atoms with van der Waals surface area (Å²) in [6.07, 6.45) is 1.38. The summed E-state index contributed by atoms with van der Waals surface area (Å²) in [6, 6.07) is 8.65. The van der Waals surface area contributed by atoms with Crippen LogP contribution >= 0.6 is 0 Å². The third kappa shape index (κ3) is 4.03. The molecule has 1 atom stereocenters. The summed E-state index contributed by atoms with van der Waals surface area (Å²) >= 11 is 0. The molecule has 0 fully saturated rings. The van der Waals surface area contributed by atoms with Crippen LogP contribution in [0.1, 0.15) is 0 Å². The van der Waals surface area contributed by atoms with Gasteiger partial charge in [-0.15, -0.1) is 0 Å². The number of para-hydroxylation sites is 1. The van der Waals surface area contributed by atoms with Crippen LogP contribution in [0, 0.1) is 0 Å². The zero-order valence-corrected chi connectivity index (χ0v) is 9.04. The van der Waals surface area contributed by atoms with Gasteiger partial charge in [0.1, 0.15) is 0 Å². The quantitative estimate of drug-likeness (QED) is 0.762. The first-order chi connectivity index (χ1) is 7.09. The van der Waals surface area contributed by atoms with Gasteiger partial charge < -0.3 is 5.32 Å². The van der Waals surface area contributed by atoms with Gasteiger partial charge in [0.05, 0.1) is 5.75 Å². The van der Waals surface area contributed by atoms with Gasteiger partial charge >= 0.3 is 0 Å². The van der Waals surface area contributed by atoms with E-state index in [9.17, 15) is 13.8 Å². The van der Waals surface area contributed by atoms with Crippen LogP contribution in [-0.4, -0.2) is 27.9 Å². The lowest BCUT2D eigenvalue weighted by Crippen LogP contribution is -2.26. The lowest BCUT2D eigenvalue weighted by Gasteiger charge is -2.02. The Labute approximate surface area is 90.1 Å². The number of hydrogen-bond acceptors (Lipinski definition) is 3. The molecule has 0 aliphatic heterocycles. The monoisotopic (exact) mass is 225 g/mol. The number of Topliss-reactive ketones (excluding diaryl/α,β-unsaturated/α-hetero) is 1. The fourth-order valence-corrected chi connectivity index (χ4v) is 1.47. The van der Waals surface area contributed by atoms with Crippen LogP contribution in [0.5, 0.6) is 0 Å². The van der Waals surface area contributed by atoms with Crippen molar-refractivity contribution in [2.75, 3.05) is 17.3 Å². The molecule has 1 aromatic carbocycles. The van der Waals surface area contributed by atoms with E-state index in [1.165, 1.54) is 6.26 Å². The molecule has 1 N–H and O–H groups in total. The fraction of sp³-hybridized carbons (Fsp3) is 0.200. The number of anilines is 1. The highest BCUT2D eigenvalue weighted by atomic mass is 32.2. The van der Waals surface area contributed by atoms with Gasteiger partial charge in [-0.3, -0.25) is 13.8 Å². The SMILES string of the molecule is CS(=O)CC(=O)C(=O)Nc1ccccc1. The normalized spacial score (nSPS) is 11.8. The number of nitrogens with one attached hydrogen (secondary N) is 1. The van der Waals surface area contributed by atoms with E-state index in [2.05, 4.69) is 5.32 Å². The van der Waals surface area contributed by atoms with Crippen molar-refractivity contribution in [3.63, 3.8) is 0 Å². The molecule has 1 rings (SSSR count). The summed E-state index contributed by atoms with van der Waals surface area (Å²) < 4.78 is 10.7. The minimum Gasteiger partial charge on any atom is -0.319 e. The summed E-state index contributed by atoms with van der Waals surface area (Å²) in [5.41, 5.74) is 0.553. The third-order valence-electron chi connectivity index (χ3n) is 1.62. The fourth-order valence-electron chi connectivity index (χ4n) is 0.972. The Morgan fingerprint density at radius 3 is 2.40 bits per heavy atom. The number of ketones is 1. The van der Waals surface area contributed by atoms with Crippen LogP contribution in [0.2, 0.25) is 0 Å². The highest BCUT2D eigenvalue weighted by Crippen LogP contribution is 2.04. The van der Waals surface area contributed by atoms with E-state index in [4.69, 9.17) is 0 Å². The summed E-state index contributed by atoms with van der Waals surface area (Å²) in [5, 5.41) is 2.42. The van der Waals surface area contributed by atoms with E-state index in [0.29, 0.717) is 5.69 Å².